The van der Waals surface area contributed by atoms with Gasteiger partial charge in [-0.05, 0) is 58.7 Å². The van der Waals surface area contributed by atoms with Crippen LogP contribution in [0.1, 0.15) is 50.9 Å². The van der Waals surface area contributed by atoms with E-state index < -0.39 is 0 Å². The highest BCUT2D eigenvalue weighted by molar-refractivity contribution is 5.94. The predicted molar refractivity (Wildman–Crippen MR) is 107 cm³/mol. The van der Waals surface area contributed by atoms with E-state index in [0.29, 0.717) is 11.3 Å². The Kier molecular flexibility index (Phi) is 4.95. The molecule has 0 atom stereocenters. The van der Waals surface area contributed by atoms with Gasteiger partial charge in [-0.25, -0.2) is 4.68 Å². The fraction of sp³-hybridized carbons (Fsp3) is 0.476. The third-order valence-electron chi connectivity index (χ3n) is 4.93. The van der Waals surface area contributed by atoms with Gasteiger partial charge in [-0.2, -0.15) is 5.10 Å². The van der Waals surface area contributed by atoms with Gasteiger partial charge in [-0.1, -0.05) is 12.1 Å². The normalized spacial score (nSPS) is 18.9. The van der Waals surface area contributed by atoms with Crippen molar-refractivity contribution in [3.05, 3.63) is 52.3 Å². The molecule has 0 spiro atoms. The number of rotatable bonds is 3. The van der Waals surface area contributed by atoms with Crippen LogP contribution in [0.25, 0.3) is 11.3 Å². The minimum Gasteiger partial charge on any atom is -0.349 e. The summed E-state index contributed by atoms with van der Waals surface area (Å²) in [4.78, 5) is 24.2. The van der Waals surface area contributed by atoms with Crippen molar-refractivity contribution in [3.8, 4) is 11.3 Å². The van der Waals surface area contributed by atoms with Crippen LogP contribution in [0.2, 0.25) is 0 Å². The summed E-state index contributed by atoms with van der Waals surface area (Å²) in [5, 5.41) is 11.0. The Hall–Kier alpha value is -2.47. The zero-order valence-electron chi connectivity index (χ0n) is 16.7. The Morgan fingerprint density at radius 2 is 1.67 bits per heavy atom. The molecule has 0 bridgehead atoms. The lowest BCUT2D eigenvalue weighted by Gasteiger charge is -2.46. The SMILES string of the molecule is Cn1nc(-c2ccc(C(=O)NC3CC(C)(C)NC(C)(C)C3)cc2)ccc1=O. The molecule has 0 saturated carbocycles. The molecule has 2 heterocycles. The molecular weight excluding hydrogens is 340 g/mol. The minimum atomic E-state index is -0.150. The van der Waals surface area contributed by atoms with Crippen LogP contribution >= 0.6 is 0 Å². The first-order valence-electron chi connectivity index (χ1n) is 9.30. The second-order valence-corrected chi connectivity index (χ2v) is 8.73. The summed E-state index contributed by atoms with van der Waals surface area (Å²) in [6.45, 7) is 8.67. The maximum absolute atomic E-state index is 12.7. The molecule has 1 aromatic carbocycles. The van der Waals surface area contributed by atoms with Gasteiger partial charge in [-0.3, -0.25) is 9.59 Å². The summed E-state index contributed by atoms with van der Waals surface area (Å²) in [6, 6.07) is 10.6. The fourth-order valence-corrected chi connectivity index (χ4v) is 4.14. The molecule has 1 aliphatic heterocycles. The van der Waals surface area contributed by atoms with Crippen LogP contribution < -0.4 is 16.2 Å². The Bertz CT molecular complexity index is 881. The van der Waals surface area contributed by atoms with Gasteiger partial charge < -0.3 is 10.6 Å². The van der Waals surface area contributed by atoms with Crippen LogP contribution in [0.3, 0.4) is 0 Å². The van der Waals surface area contributed by atoms with Crippen molar-refractivity contribution in [1.82, 2.24) is 20.4 Å². The van der Waals surface area contributed by atoms with E-state index in [4.69, 9.17) is 0 Å². The first kappa shape index (κ1) is 19.3. The van der Waals surface area contributed by atoms with Crippen LogP contribution in [-0.2, 0) is 7.05 Å². The van der Waals surface area contributed by atoms with E-state index in [9.17, 15) is 9.59 Å². The van der Waals surface area contributed by atoms with Crippen LogP contribution in [0.15, 0.2) is 41.2 Å². The van der Waals surface area contributed by atoms with E-state index >= 15 is 0 Å². The molecule has 144 valence electrons. The van der Waals surface area contributed by atoms with E-state index in [-0.39, 0.29) is 28.6 Å². The van der Waals surface area contributed by atoms with Crippen LogP contribution in [-0.4, -0.2) is 32.8 Å². The van der Waals surface area contributed by atoms with Gasteiger partial charge >= 0.3 is 0 Å². The van der Waals surface area contributed by atoms with Gasteiger partial charge in [0.05, 0.1) is 5.69 Å². The first-order chi connectivity index (χ1) is 12.5. The highest BCUT2D eigenvalue weighted by atomic mass is 16.1. The fourth-order valence-electron chi connectivity index (χ4n) is 4.14. The number of nitrogens with one attached hydrogen (secondary N) is 2. The molecule has 3 rings (SSSR count). The standard InChI is InChI=1S/C21H28N4O2/c1-20(2)12-16(13-21(3,4)24-20)22-19(27)15-8-6-14(7-9-15)17-10-11-18(26)25(5)23-17/h6-11,16,24H,12-13H2,1-5H3,(H,22,27). The molecule has 2 N–H and O–H groups in total. The minimum absolute atomic E-state index is 0.0154. The molecule has 27 heavy (non-hydrogen) atoms. The summed E-state index contributed by atoms with van der Waals surface area (Å²) >= 11 is 0. The third kappa shape index (κ3) is 4.63. The van der Waals surface area contributed by atoms with Crippen molar-refractivity contribution in [2.75, 3.05) is 0 Å². The number of aromatic nitrogens is 2. The van der Waals surface area contributed by atoms with Crippen molar-refractivity contribution >= 4 is 5.91 Å². The number of carbonyl (C=O) groups is 1. The van der Waals surface area contributed by atoms with E-state index in [0.717, 1.165) is 18.4 Å². The van der Waals surface area contributed by atoms with Crippen molar-refractivity contribution < 1.29 is 4.79 Å². The Balaban J connectivity index is 1.72. The van der Waals surface area contributed by atoms with Crippen molar-refractivity contribution in [3.63, 3.8) is 0 Å². The zero-order valence-corrected chi connectivity index (χ0v) is 16.7. The second-order valence-electron chi connectivity index (χ2n) is 8.73. The third-order valence-corrected chi connectivity index (χ3v) is 4.93. The number of hydrogen-bond acceptors (Lipinski definition) is 4. The van der Waals surface area contributed by atoms with Crippen molar-refractivity contribution in [1.29, 1.82) is 0 Å². The molecule has 1 amide bonds. The van der Waals surface area contributed by atoms with Gasteiger partial charge in [0.1, 0.15) is 0 Å². The van der Waals surface area contributed by atoms with Crippen LogP contribution in [0.5, 0.6) is 0 Å². The van der Waals surface area contributed by atoms with Gasteiger partial charge in [0.2, 0.25) is 0 Å². The smallest absolute Gasteiger partial charge is 0.266 e. The lowest BCUT2D eigenvalue weighted by molar-refractivity contribution is 0.0873. The molecule has 1 saturated heterocycles. The van der Waals surface area contributed by atoms with Gasteiger partial charge in [0.15, 0.2) is 0 Å². The maximum atomic E-state index is 12.7. The van der Waals surface area contributed by atoms with Crippen molar-refractivity contribution in [2.45, 2.75) is 57.7 Å². The average Bonchev–Trinajstić information content (AvgIpc) is 2.54. The number of amides is 1. The van der Waals surface area contributed by atoms with Gasteiger partial charge in [0.25, 0.3) is 11.5 Å². The largest absolute Gasteiger partial charge is 0.349 e. The van der Waals surface area contributed by atoms with Gasteiger partial charge in [0, 0.05) is 41.4 Å². The Morgan fingerprint density at radius 3 is 2.22 bits per heavy atom. The maximum Gasteiger partial charge on any atom is 0.266 e. The summed E-state index contributed by atoms with van der Waals surface area (Å²) in [5.74, 6) is -0.0616. The second kappa shape index (κ2) is 6.93. The molecule has 6 nitrogen and oxygen atoms in total. The molecule has 1 fully saturated rings. The number of benzene rings is 1. The number of hydrogen-bond donors (Lipinski definition) is 2. The monoisotopic (exact) mass is 368 g/mol. The summed E-state index contributed by atoms with van der Waals surface area (Å²) in [6.07, 6.45) is 1.78. The summed E-state index contributed by atoms with van der Waals surface area (Å²) < 4.78 is 1.30. The summed E-state index contributed by atoms with van der Waals surface area (Å²) in [5.41, 5.74) is 2.01. The van der Waals surface area contributed by atoms with E-state index in [1.54, 1.807) is 25.2 Å². The topological polar surface area (TPSA) is 76.0 Å². The molecule has 0 radical (unpaired) electrons. The van der Waals surface area contributed by atoms with E-state index in [1.807, 2.05) is 12.1 Å². The number of carbonyl (C=O) groups excluding carboxylic acids is 1. The molecule has 6 heteroatoms. The lowest BCUT2D eigenvalue weighted by atomic mass is 9.79. The van der Waals surface area contributed by atoms with Crippen LogP contribution in [0, 0.1) is 0 Å². The molecule has 1 aromatic heterocycles. The predicted octanol–water partition coefficient (Wildman–Crippen LogP) is 2.49. The molecule has 0 unspecified atom stereocenters. The summed E-state index contributed by atoms with van der Waals surface area (Å²) in [7, 11) is 1.62. The van der Waals surface area contributed by atoms with Gasteiger partial charge in [-0.15, -0.1) is 0 Å². The molecule has 2 aromatic rings. The first-order valence-corrected chi connectivity index (χ1v) is 9.30. The quantitative estimate of drug-likeness (QED) is 0.873. The zero-order chi connectivity index (χ0) is 19.8. The molecular formula is C21H28N4O2. The van der Waals surface area contributed by atoms with E-state index in [2.05, 4.69) is 43.4 Å². The number of aryl methyl sites for hydroxylation is 1. The average molecular weight is 368 g/mol. The highest BCUT2D eigenvalue weighted by Gasteiger charge is 2.38. The number of piperidine rings is 1. The number of nitrogens with zero attached hydrogens (tertiary/aromatic N) is 2. The van der Waals surface area contributed by atoms with Crippen LogP contribution in [0.4, 0.5) is 0 Å². The van der Waals surface area contributed by atoms with E-state index in [1.165, 1.54) is 10.7 Å². The Morgan fingerprint density at radius 1 is 1.07 bits per heavy atom. The Labute approximate surface area is 160 Å². The lowest BCUT2D eigenvalue weighted by Crippen LogP contribution is -2.62. The molecule has 0 aliphatic carbocycles. The van der Waals surface area contributed by atoms with Crippen molar-refractivity contribution in [2.24, 2.45) is 7.05 Å². The highest BCUT2D eigenvalue weighted by Crippen LogP contribution is 2.28. The molecule has 1 aliphatic rings.